The highest BCUT2D eigenvalue weighted by atomic mass is 16.5. The molecule has 22 heavy (non-hydrogen) atoms. The number of carbonyl (C=O) groups is 2. The van der Waals surface area contributed by atoms with Gasteiger partial charge in [-0.25, -0.2) is 4.79 Å². The Morgan fingerprint density at radius 2 is 2.05 bits per heavy atom. The van der Waals surface area contributed by atoms with Crippen LogP contribution in [0.1, 0.15) is 31.7 Å². The van der Waals surface area contributed by atoms with E-state index in [4.69, 9.17) is 4.74 Å². The average molecular weight is 302 g/mol. The molecule has 1 amide bonds. The third-order valence-corrected chi connectivity index (χ3v) is 3.13. The van der Waals surface area contributed by atoms with Crippen molar-refractivity contribution in [3.05, 3.63) is 35.9 Å². The summed E-state index contributed by atoms with van der Waals surface area (Å²) in [4.78, 5) is 23.1. The van der Waals surface area contributed by atoms with E-state index in [2.05, 4.69) is 21.1 Å². The lowest BCUT2D eigenvalue weighted by Gasteiger charge is -2.25. The van der Waals surface area contributed by atoms with Crippen LogP contribution in [0.15, 0.2) is 40.5 Å². The maximum absolute atomic E-state index is 11.6. The van der Waals surface area contributed by atoms with Crippen LogP contribution in [-0.2, 0) is 14.3 Å². The van der Waals surface area contributed by atoms with Crippen molar-refractivity contribution in [2.75, 3.05) is 6.61 Å². The molecule has 2 rings (SSSR count). The van der Waals surface area contributed by atoms with Crippen molar-refractivity contribution in [2.24, 2.45) is 10.2 Å². The molecule has 1 saturated heterocycles. The molecule has 0 radical (unpaired) electrons. The maximum atomic E-state index is 11.6. The number of hydrazine groups is 1. The Kier molecular flexibility index (Phi) is 5.24. The maximum Gasteiger partial charge on any atom is 0.354 e. The van der Waals surface area contributed by atoms with Gasteiger partial charge in [0.2, 0.25) is 5.91 Å². The lowest BCUT2D eigenvalue weighted by atomic mass is 9.93. The number of nitrogens with one attached hydrogen (secondary N) is 2. The minimum Gasteiger partial charge on any atom is -0.461 e. The zero-order valence-electron chi connectivity index (χ0n) is 12.5. The smallest absolute Gasteiger partial charge is 0.354 e. The molecule has 0 aromatic heterocycles. The molecule has 1 fully saturated rings. The molecule has 1 unspecified atom stereocenters. The third kappa shape index (κ3) is 3.91. The van der Waals surface area contributed by atoms with Gasteiger partial charge in [0.25, 0.3) is 0 Å². The van der Waals surface area contributed by atoms with Crippen LogP contribution in [0.5, 0.6) is 0 Å². The summed E-state index contributed by atoms with van der Waals surface area (Å²) < 4.78 is 4.84. The highest BCUT2D eigenvalue weighted by Gasteiger charge is 2.26. The van der Waals surface area contributed by atoms with E-state index in [1.165, 1.54) is 6.92 Å². The molecule has 1 aromatic carbocycles. The van der Waals surface area contributed by atoms with Gasteiger partial charge in [0, 0.05) is 6.42 Å². The second kappa shape index (κ2) is 7.35. The Morgan fingerprint density at radius 1 is 1.32 bits per heavy atom. The largest absolute Gasteiger partial charge is 0.461 e. The van der Waals surface area contributed by atoms with Crippen molar-refractivity contribution in [3.63, 3.8) is 0 Å². The highest BCUT2D eigenvalue weighted by molar-refractivity contribution is 6.35. The second-order valence-corrected chi connectivity index (χ2v) is 4.73. The quantitative estimate of drug-likeness (QED) is 0.495. The molecule has 1 aromatic rings. The first-order valence-corrected chi connectivity index (χ1v) is 7.01. The summed E-state index contributed by atoms with van der Waals surface area (Å²) in [6.45, 7) is 3.53. The van der Waals surface area contributed by atoms with Gasteiger partial charge in [-0.3, -0.25) is 15.6 Å². The van der Waals surface area contributed by atoms with E-state index in [1.807, 2.05) is 30.3 Å². The Bertz CT molecular complexity index is 610. The normalized spacial score (nSPS) is 20.3. The van der Waals surface area contributed by atoms with E-state index in [0.717, 1.165) is 5.56 Å². The first kappa shape index (κ1) is 15.7. The molecular weight excluding hydrogens is 284 g/mol. The van der Waals surface area contributed by atoms with Crippen LogP contribution in [0.4, 0.5) is 0 Å². The van der Waals surface area contributed by atoms with Gasteiger partial charge < -0.3 is 4.74 Å². The molecule has 0 bridgehead atoms. The van der Waals surface area contributed by atoms with Crippen molar-refractivity contribution in [3.8, 4) is 0 Å². The van der Waals surface area contributed by atoms with Crippen LogP contribution >= 0.6 is 0 Å². The van der Waals surface area contributed by atoms with Crippen molar-refractivity contribution in [1.29, 1.82) is 0 Å². The topological polar surface area (TPSA) is 92.2 Å². The molecular formula is C15H18N4O3. The van der Waals surface area contributed by atoms with Crippen molar-refractivity contribution in [2.45, 2.75) is 26.2 Å². The van der Waals surface area contributed by atoms with Gasteiger partial charge >= 0.3 is 5.97 Å². The number of rotatable bonds is 4. The van der Waals surface area contributed by atoms with Gasteiger partial charge in [0.15, 0.2) is 5.84 Å². The summed E-state index contributed by atoms with van der Waals surface area (Å²) in [5.41, 5.74) is 6.34. The lowest BCUT2D eigenvalue weighted by Crippen LogP contribution is -2.50. The van der Waals surface area contributed by atoms with Gasteiger partial charge in [0.1, 0.15) is 5.71 Å². The number of hydrogen-bond acceptors (Lipinski definition) is 5. The van der Waals surface area contributed by atoms with Crippen LogP contribution in [0.3, 0.4) is 0 Å². The second-order valence-electron chi connectivity index (χ2n) is 4.73. The number of amides is 1. The van der Waals surface area contributed by atoms with E-state index < -0.39 is 5.97 Å². The van der Waals surface area contributed by atoms with Crippen molar-refractivity contribution >= 4 is 23.4 Å². The van der Waals surface area contributed by atoms with Crippen LogP contribution in [0.25, 0.3) is 0 Å². The summed E-state index contributed by atoms with van der Waals surface area (Å²) in [7, 11) is 0. The molecule has 1 atom stereocenters. The molecule has 1 heterocycles. The molecule has 2 N–H and O–H groups in total. The summed E-state index contributed by atoms with van der Waals surface area (Å²) in [5.74, 6) is -0.384. The predicted molar refractivity (Wildman–Crippen MR) is 82.3 cm³/mol. The fraction of sp³-hybridized carbons (Fsp3) is 0.333. The Hall–Kier alpha value is -2.70. The number of benzene rings is 1. The zero-order chi connectivity index (χ0) is 15.9. The van der Waals surface area contributed by atoms with Crippen LogP contribution in [0.2, 0.25) is 0 Å². The molecule has 1 aliphatic heterocycles. The standard InChI is InChI=1S/C15H18N4O3/c1-3-22-15(21)10(2)16-18-14-12(9-13(20)17-19-14)11-7-5-4-6-8-11/h4-8,12H,3,9H2,1-2H3,(H,17,20)(H,18,19)/b16-10-. The molecule has 7 nitrogen and oxygen atoms in total. The number of nitrogens with zero attached hydrogens (tertiary/aromatic N) is 2. The molecule has 7 heteroatoms. The van der Waals surface area contributed by atoms with Crippen LogP contribution in [-0.4, -0.2) is 30.0 Å². The van der Waals surface area contributed by atoms with E-state index in [-0.39, 0.29) is 30.6 Å². The summed E-state index contributed by atoms with van der Waals surface area (Å²) in [6.07, 6.45) is 0.268. The average Bonchev–Trinajstić information content (AvgIpc) is 2.54. The molecule has 0 aliphatic carbocycles. The van der Waals surface area contributed by atoms with Crippen molar-refractivity contribution < 1.29 is 14.3 Å². The fourth-order valence-electron chi connectivity index (χ4n) is 2.01. The first-order valence-electron chi connectivity index (χ1n) is 7.01. The van der Waals surface area contributed by atoms with E-state index in [9.17, 15) is 9.59 Å². The summed E-state index contributed by atoms with van der Waals surface area (Å²) in [5, 5.41) is 7.94. The summed E-state index contributed by atoms with van der Waals surface area (Å²) in [6, 6.07) is 9.53. The van der Waals surface area contributed by atoms with Gasteiger partial charge in [-0.2, -0.15) is 0 Å². The van der Waals surface area contributed by atoms with Gasteiger partial charge in [0.05, 0.1) is 12.5 Å². The van der Waals surface area contributed by atoms with Crippen molar-refractivity contribution in [1.82, 2.24) is 10.9 Å². The number of carbonyl (C=O) groups excluding carboxylic acids is 2. The first-order chi connectivity index (χ1) is 10.6. The van der Waals surface area contributed by atoms with E-state index >= 15 is 0 Å². The minimum atomic E-state index is -0.511. The lowest BCUT2D eigenvalue weighted by molar-refractivity contribution is -0.135. The molecule has 116 valence electrons. The minimum absolute atomic E-state index is 0.126. The van der Waals surface area contributed by atoms with E-state index in [1.54, 1.807) is 6.92 Å². The van der Waals surface area contributed by atoms with E-state index in [0.29, 0.717) is 5.84 Å². The highest BCUT2D eigenvalue weighted by Crippen LogP contribution is 2.22. The van der Waals surface area contributed by atoms with Crippen LogP contribution in [0, 0.1) is 0 Å². The SMILES string of the molecule is CCOC(=O)/C(C)=N\N=C1/NNC(=O)CC1c1ccccc1. The Labute approximate surface area is 128 Å². The zero-order valence-corrected chi connectivity index (χ0v) is 12.5. The predicted octanol–water partition coefficient (Wildman–Crippen LogP) is 1.13. The Morgan fingerprint density at radius 3 is 2.73 bits per heavy atom. The number of esters is 1. The molecule has 1 aliphatic rings. The Balaban J connectivity index is 2.23. The van der Waals surface area contributed by atoms with Gasteiger partial charge in [-0.15, -0.1) is 10.2 Å². The number of ether oxygens (including phenoxy) is 1. The van der Waals surface area contributed by atoms with Gasteiger partial charge in [-0.1, -0.05) is 30.3 Å². The fourth-order valence-corrected chi connectivity index (χ4v) is 2.01. The van der Waals surface area contributed by atoms with Crippen LogP contribution < -0.4 is 10.9 Å². The molecule has 0 saturated carbocycles. The third-order valence-electron chi connectivity index (χ3n) is 3.13. The van der Waals surface area contributed by atoms with Gasteiger partial charge in [-0.05, 0) is 19.4 Å². The number of amidine groups is 1. The molecule has 0 spiro atoms. The monoisotopic (exact) mass is 302 g/mol. The summed E-state index contributed by atoms with van der Waals surface area (Å²) >= 11 is 0. The number of hydrogen-bond donors (Lipinski definition) is 2.